The number of aliphatic hydroxyl groups is 1. The summed E-state index contributed by atoms with van der Waals surface area (Å²) in [5.74, 6) is 0.504. The Balaban J connectivity index is 2.52. The van der Waals surface area contributed by atoms with Gasteiger partial charge < -0.3 is 10.8 Å². The predicted octanol–water partition coefficient (Wildman–Crippen LogP) is 1.55. The molecular weight excluding hydrogens is 184 g/mol. The molecule has 1 rings (SSSR count). The number of hydrogen-bond acceptors (Lipinski definition) is 4. The third-order valence-corrected chi connectivity index (χ3v) is 2.70. The number of rotatable bonds is 4. The number of aliphatic hydroxyl groups excluding tert-OH is 1. The first kappa shape index (κ1) is 10.6. The summed E-state index contributed by atoms with van der Waals surface area (Å²) < 4.78 is 0. The molecule has 74 valence electrons. The monoisotopic (exact) mass is 200 g/mol. The third kappa shape index (κ3) is 3.06. The second-order valence-electron chi connectivity index (χ2n) is 3.61. The van der Waals surface area contributed by atoms with Crippen molar-refractivity contribution in [1.82, 2.24) is 4.98 Å². The van der Waals surface area contributed by atoms with Crippen LogP contribution in [0.1, 0.15) is 31.4 Å². The van der Waals surface area contributed by atoms with Crippen LogP contribution >= 0.6 is 11.3 Å². The van der Waals surface area contributed by atoms with E-state index in [-0.39, 0.29) is 6.04 Å². The molecule has 1 aromatic rings. The standard InChI is InChI=1S/C9H16N2OS/c1-6(2)5-7(10)8(12)9-11-3-4-13-9/h3-4,6-8,12H,5,10H2,1-2H3/t7?,8-/m0/s1. The highest BCUT2D eigenvalue weighted by Crippen LogP contribution is 2.21. The molecule has 0 fully saturated rings. The van der Waals surface area contributed by atoms with E-state index in [2.05, 4.69) is 18.8 Å². The molecule has 4 heteroatoms. The Morgan fingerprint density at radius 1 is 1.62 bits per heavy atom. The van der Waals surface area contributed by atoms with E-state index in [4.69, 9.17) is 5.73 Å². The molecule has 13 heavy (non-hydrogen) atoms. The van der Waals surface area contributed by atoms with Crippen LogP contribution in [-0.4, -0.2) is 16.1 Å². The molecule has 0 aromatic carbocycles. The van der Waals surface area contributed by atoms with Gasteiger partial charge in [0.2, 0.25) is 0 Å². The maximum atomic E-state index is 9.75. The largest absolute Gasteiger partial charge is 0.384 e. The molecule has 1 unspecified atom stereocenters. The maximum Gasteiger partial charge on any atom is 0.123 e. The lowest BCUT2D eigenvalue weighted by molar-refractivity contribution is 0.135. The molecule has 3 N–H and O–H groups in total. The molecule has 0 bridgehead atoms. The lowest BCUT2D eigenvalue weighted by atomic mass is 10.0. The Hall–Kier alpha value is -0.450. The van der Waals surface area contributed by atoms with Gasteiger partial charge in [-0.2, -0.15) is 0 Å². The van der Waals surface area contributed by atoms with E-state index in [1.807, 2.05) is 5.38 Å². The van der Waals surface area contributed by atoms with Crippen molar-refractivity contribution in [3.05, 3.63) is 16.6 Å². The first-order chi connectivity index (χ1) is 6.11. The normalized spacial score (nSPS) is 16.1. The van der Waals surface area contributed by atoms with Crippen molar-refractivity contribution < 1.29 is 5.11 Å². The molecule has 2 atom stereocenters. The molecule has 0 amide bonds. The van der Waals surface area contributed by atoms with Crippen molar-refractivity contribution in [2.75, 3.05) is 0 Å². The third-order valence-electron chi connectivity index (χ3n) is 1.85. The fourth-order valence-corrected chi connectivity index (χ4v) is 1.93. The molecule has 0 aliphatic rings. The van der Waals surface area contributed by atoms with E-state index in [1.165, 1.54) is 11.3 Å². The van der Waals surface area contributed by atoms with Crippen molar-refractivity contribution in [3.8, 4) is 0 Å². The van der Waals surface area contributed by atoms with Gasteiger partial charge in [-0.25, -0.2) is 4.98 Å². The number of nitrogens with zero attached hydrogens (tertiary/aromatic N) is 1. The predicted molar refractivity (Wildman–Crippen MR) is 54.5 cm³/mol. The van der Waals surface area contributed by atoms with Crippen LogP contribution in [0.15, 0.2) is 11.6 Å². The minimum atomic E-state index is -0.609. The van der Waals surface area contributed by atoms with E-state index >= 15 is 0 Å². The molecule has 0 saturated carbocycles. The van der Waals surface area contributed by atoms with Gasteiger partial charge in [0.25, 0.3) is 0 Å². The van der Waals surface area contributed by atoms with Gasteiger partial charge in [0.1, 0.15) is 11.1 Å². The van der Waals surface area contributed by atoms with Crippen molar-refractivity contribution in [2.24, 2.45) is 11.7 Å². The zero-order chi connectivity index (χ0) is 9.84. The van der Waals surface area contributed by atoms with Crippen molar-refractivity contribution in [1.29, 1.82) is 0 Å². The summed E-state index contributed by atoms with van der Waals surface area (Å²) in [6, 6.07) is -0.203. The average molecular weight is 200 g/mol. The quantitative estimate of drug-likeness (QED) is 0.775. The van der Waals surface area contributed by atoms with Crippen LogP contribution < -0.4 is 5.73 Å². The highest BCUT2D eigenvalue weighted by molar-refractivity contribution is 7.09. The van der Waals surface area contributed by atoms with Crippen molar-refractivity contribution >= 4 is 11.3 Å². The number of thiazole rings is 1. The fourth-order valence-electron chi connectivity index (χ4n) is 1.24. The van der Waals surface area contributed by atoms with Crippen LogP contribution in [0.4, 0.5) is 0 Å². The van der Waals surface area contributed by atoms with Gasteiger partial charge in [-0.1, -0.05) is 13.8 Å². The summed E-state index contributed by atoms with van der Waals surface area (Å²) >= 11 is 1.45. The molecule has 3 nitrogen and oxygen atoms in total. The van der Waals surface area contributed by atoms with Crippen LogP contribution in [0.2, 0.25) is 0 Å². The SMILES string of the molecule is CC(C)CC(N)[C@H](O)c1nccs1. The highest BCUT2D eigenvalue weighted by atomic mass is 32.1. The first-order valence-corrected chi connectivity index (χ1v) is 5.32. The molecule has 0 radical (unpaired) electrons. The molecule has 0 aliphatic carbocycles. The summed E-state index contributed by atoms with van der Waals surface area (Å²) in [6.45, 7) is 4.18. The van der Waals surface area contributed by atoms with E-state index in [0.717, 1.165) is 6.42 Å². The summed E-state index contributed by atoms with van der Waals surface area (Å²) in [6.07, 6.45) is 1.90. The molecular formula is C9H16N2OS. The first-order valence-electron chi connectivity index (χ1n) is 4.44. The second kappa shape index (κ2) is 4.69. The van der Waals surface area contributed by atoms with E-state index in [0.29, 0.717) is 10.9 Å². The zero-order valence-electron chi connectivity index (χ0n) is 7.97. The molecule has 1 heterocycles. The molecule has 0 saturated heterocycles. The Bertz CT molecular complexity index is 236. The molecule has 1 aromatic heterocycles. The van der Waals surface area contributed by atoms with Crippen LogP contribution in [0.25, 0.3) is 0 Å². The Morgan fingerprint density at radius 3 is 2.77 bits per heavy atom. The van der Waals surface area contributed by atoms with Crippen LogP contribution in [-0.2, 0) is 0 Å². The lowest BCUT2D eigenvalue weighted by Gasteiger charge is -2.18. The smallest absolute Gasteiger partial charge is 0.123 e. The van der Waals surface area contributed by atoms with Crippen LogP contribution in [0.5, 0.6) is 0 Å². The fraction of sp³-hybridized carbons (Fsp3) is 0.667. The van der Waals surface area contributed by atoms with Crippen LogP contribution in [0.3, 0.4) is 0 Å². The Kier molecular flexibility index (Phi) is 3.84. The Labute approximate surface area is 82.6 Å². The lowest BCUT2D eigenvalue weighted by Crippen LogP contribution is -2.29. The van der Waals surface area contributed by atoms with Gasteiger partial charge in [0, 0.05) is 17.6 Å². The van der Waals surface area contributed by atoms with E-state index < -0.39 is 6.10 Å². The summed E-state index contributed by atoms with van der Waals surface area (Å²) in [4.78, 5) is 4.03. The van der Waals surface area contributed by atoms with E-state index in [1.54, 1.807) is 6.20 Å². The second-order valence-corrected chi connectivity index (χ2v) is 4.53. The highest BCUT2D eigenvalue weighted by Gasteiger charge is 2.19. The maximum absolute atomic E-state index is 9.75. The zero-order valence-corrected chi connectivity index (χ0v) is 8.79. The minimum Gasteiger partial charge on any atom is -0.384 e. The van der Waals surface area contributed by atoms with Gasteiger partial charge in [-0.15, -0.1) is 11.3 Å². The number of nitrogens with two attached hydrogens (primary N) is 1. The topological polar surface area (TPSA) is 59.1 Å². The Morgan fingerprint density at radius 2 is 2.31 bits per heavy atom. The van der Waals surface area contributed by atoms with Gasteiger partial charge in [-0.3, -0.25) is 0 Å². The number of hydrogen-bond donors (Lipinski definition) is 2. The van der Waals surface area contributed by atoms with Gasteiger partial charge in [0.05, 0.1) is 0 Å². The van der Waals surface area contributed by atoms with Crippen molar-refractivity contribution in [3.63, 3.8) is 0 Å². The van der Waals surface area contributed by atoms with Gasteiger partial charge >= 0.3 is 0 Å². The van der Waals surface area contributed by atoms with E-state index in [9.17, 15) is 5.11 Å². The number of aromatic nitrogens is 1. The summed E-state index contributed by atoms with van der Waals surface area (Å²) in [5.41, 5.74) is 5.83. The van der Waals surface area contributed by atoms with Gasteiger partial charge in [0.15, 0.2) is 0 Å². The summed E-state index contributed by atoms with van der Waals surface area (Å²) in [5, 5.41) is 12.3. The van der Waals surface area contributed by atoms with Gasteiger partial charge in [-0.05, 0) is 12.3 Å². The average Bonchev–Trinajstić information content (AvgIpc) is 2.53. The van der Waals surface area contributed by atoms with Crippen LogP contribution in [0, 0.1) is 5.92 Å². The minimum absolute atomic E-state index is 0.203. The molecule has 0 spiro atoms. The van der Waals surface area contributed by atoms with Crippen molar-refractivity contribution in [2.45, 2.75) is 32.4 Å². The summed E-state index contributed by atoms with van der Waals surface area (Å²) in [7, 11) is 0. The molecule has 0 aliphatic heterocycles.